The number of rotatable bonds is 2. The van der Waals surface area contributed by atoms with Crippen molar-refractivity contribution in [2.24, 2.45) is 0 Å². The van der Waals surface area contributed by atoms with Gasteiger partial charge in [-0.2, -0.15) is 0 Å². The Morgan fingerprint density at radius 1 is 1.38 bits per heavy atom. The van der Waals surface area contributed by atoms with Crippen molar-refractivity contribution in [1.29, 1.82) is 0 Å². The van der Waals surface area contributed by atoms with Gasteiger partial charge in [-0.1, -0.05) is 22.9 Å². The Morgan fingerprint density at radius 3 is 2.62 bits per heavy atom. The molecule has 0 spiro atoms. The molecule has 0 aliphatic heterocycles. The summed E-state index contributed by atoms with van der Waals surface area (Å²) >= 11 is 0. The first kappa shape index (κ1) is 10.2. The Labute approximate surface area is 91.8 Å². The van der Waals surface area contributed by atoms with E-state index >= 15 is 0 Å². The topological polar surface area (TPSA) is 78.4 Å². The summed E-state index contributed by atoms with van der Waals surface area (Å²) in [5.41, 5.74) is 6.40. The second-order valence-electron chi connectivity index (χ2n) is 3.32. The zero-order chi connectivity index (χ0) is 11.5. The summed E-state index contributed by atoms with van der Waals surface area (Å²) in [7, 11) is 0. The molecule has 0 aliphatic carbocycles. The van der Waals surface area contributed by atoms with Gasteiger partial charge in [0.2, 0.25) is 5.76 Å². The van der Waals surface area contributed by atoms with Gasteiger partial charge in [-0.15, -0.1) is 0 Å². The van der Waals surface area contributed by atoms with Gasteiger partial charge in [-0.3, -0.25) is 0 Å². The fourth-order valence-corrected chi connectivity index (χ4v) is 1.15. The summed E-state index contributed by atoms with van der Waals surface area (Å²) in [5, 5.41) is 3.40. The van der Waals surface area contributed by atoms with Crippen molar-refractivity contribution >= 4 is 11.8 Å². The lowest BCUT2D eigenvalue weighted by molar-refractivity contribution is 0.0691. The van der Waals surface area contributed by atoms with Gasteiger partial charge < -0.3 is 15.0 Å². The Bertz CT molecular complexity index is 502. The van der Waals surface area contributed by atoms with Crippen LogP contribution in [0.25, 0.3) is 0 Å². The highest BCUT2D eigenvalue weighted by Gasteiger charge is 2.14. The molecule has 1 aromatic carbocycles. The van der Waals surface area contributed by atoms with E-state index in [1.165, 1.54) is 6.07 Å². The minimum absolute atomic E-state index is 0.0157. The number of carbonyl (C=O) groups is 1. The standard InChI is InChI=1S/C11H10N2O3/c1-7-2-4-8(5-3-7)15-11(14)9-6-10(12)13-16-9/h2-6H,1H3,(H2,12,13). The predicted molar refractivity (Wildman–Crippen MR) is 57.1 cm³/mol. The van der Waals surface area contributed by atoms with Crippen LogP contribution in [-0.2, 0) is 0 Å². The van der Waals surface area contributed by atoms with Gasteiger partial charge in [0, 0.05) is 6.07 Å². The number of esters is 1. The van der Waals surface area contributed by atoms with Crippen LogP contribution in [0.4, 0.5) is 5.82 Å². The molecule has 2 N–H and O–H groups in total. The normalized spacial score (nSPS) is 10.1. The zero-order valence-electron chi connectivity index (χ0n) is 8.64. The molecule has 0 unspecified atom stereocenters. The monoisotopic (exact) mass is 218 g/mol. The van der Waals surface area contributed by atoms with E-state index in [4.69, 9.17) is 10.5 Å². The van der Waals surface area contributed by atoms with Gasteiger partial charge in [0.15, 0.2) is 5.82 Å². The molecule has 2 aromatic rings. The van der Waals surface area contributed by atoms with Crippen molar-refractivity contribution in [3.05, 3.63) is 41.7 Å². The molecule has 0 bridgehead atoms. The lowest BCUT2D eigenvalue weighted by Gasteiger charge is -2.01. The van der Waals surface area contributed by atoms with E-state index in [-0.39, 0.29) is 11.6 Å². The molecule has 0 radical (unpaired) electrons. The average Bonchev–Trinajstić information content (AvgIpc) is 2.68. The number of benzene rings is 1. The number of aromatic nitrogens is 1. The van der Waals surface area contributed by atoms with Gasteiger partial charge in [-0.05, 0) is 19.1 Å². The average molecular weight is 218 g/mol. The fourth-order valence-electron chi connectivity index (χ4n) is 1.15. The molecule has 1 heterocycles. The summed E-state index contributed by atoms with van der Waals surface area (Å²) in [6, 6.07) is 8.41. The minimum atomic E-state index is -0.618. The summed E-state index contributed by atoms with van der Waals surface area (Å²) in [4.78, 5) is 11.5. The first-order valence-electron chi connectivity index (χ1n) is 4.66. The van der Waals surface area contributed by atoms with E-state index in [2.05, 4.69) is 9.68 Å². The van der Waals surface area contributed by atoms with Crippen LogP contribution in [-0.4, -0.2) is 11.1 Å². The molecule has 2 rings (SSSR count). The highest BCUT2D eigenvalue weighted by Crippen LogP contribution is 2.14. The molecule has 82 valence electrons. The lowest BCUT2D eigenvalue weighted by atomic mass is 10.2. The number of nitrogen functional groups attached to an aromatic ring is 1. The quantitative estimate of drug-likeness (QED) is 0.614. The summed E-state index contributed by atoms with van der Waals surface area (Å²) in [6.07, 6.45) is 0. The van der Waals surface area contributed by atoms with Crippen molar-refractivity contribution in [3.63, 3.8) is 0 Å². The largest absolute Gasteiger partial charge is 0.421 e. The number of nitrogens with two attached hydrogens (primary N) is 1. The molecule has 5 heteroatoms. The van der Waals surface area contributed by atoms with Crippen molar-refractivity contribution in [1.82, 2.24) is 5.16 Å². The molecular weight excluding hydrogens is 208 g/mol. The van der Waals surface area contributed by atoms with E-state index in [0.717, 1.165) is 5.56 Å². The van der Waals surface area contributed by atoms with E-state index in [1.807, 2.05) is 19.1 Å². The van der Waals surface area contributed by atoms with E-state index < -0.39 is 5.97 Å². The van der Waals surface area contributed by atoms with Crippen LogP contribution in [0.2, 0.25) is 0 Å². The summed E-state index contributed by atoms with van der Waals surface area (Å²) in [6.45, 7) is 1.95. The minimum Gasteiger partial charge on any atom is -0.421 e. The summed E-state index contributed by atoms with van der Waals surface area (Å²) < 4.78 is 9.71. The third kappa shape index (κ3) is 2.20. The number of hydrogen-bond acceptors (Lipinski definition) is 5. The van der Waals surface area contributed by atoms with Crippen molar-refractivity contribution in [3.8, 4) is 5.75 Å². The van der Waals surface area contributed by atoms with Gasteiger partial charge in [-0.25, -0.2) is 4.79 Å². The second-order valence-corrected chi connectivity index (χ2v) is 3.32. The third-order valence-electron chi connectivity index (χ3n) is 1.96. The number of aryl methyl sites for hydroxylation is 1. The van der Waals surface area contributed by atoms with Crippen LogP contribution in [0.5, 0.6) is 5.75 Å². The Hall–Kier alpha value is -2.30. The maximum Gasteiger partial charge on any atom is 0.382 e. The molecule has 0 saturated heterocycles. The van der Waals surface area contributed by atoms with Crippen LogP contribution >= 0.6 is 0 Å². The zero-order valence-corrected chi connectivity index (χ0v) is 8.64. The molecule has 16 heavy (non-hydrogen) atoms. The SMILES string of the molecule is Cc1ccc(OC(=O)c2cc(N)no2)cc1. The number of ether oxygens (including phenoxy) is 1. The van der Waals surface area contributed by atoms with Crippen LogP contribution in [0.1, 0.15) is 16.1 Å². The third-order valence-corrected chi connectivity index (χ3v) is 1.96. The number of carbonyl (C=O) groups excluding carboxylic acids is 1. The Kier molecular flexibility index (Phi) is 2.59. The van der Waals surface area contributed by atoms with Crippen molar-refractivity contribution in [2.75, 3.05) is 5.73 Å². The van der Waals surface area contributed by atoms with Gasteiger partial charge in [0.25, 0.3) is 0 Å². The highest BCUT2D eigenvalue weighted by atomic mass is 16.6. The molecule has 0 atom stereocenters. The molecule has 5 nitrogen and oxygen atoms in total. The second kappa shape index (κ2) is 4.06. The Morgan fingerprint density at radius 2 is 2.06 bits per heavy atom. The maximum atomic E-state index is 11.5. The molecule has 0 saturated carbocycles. The molecule has 0 fully saturated rings. The van der Waals surface area contributed by atoms with E-state index in [9.17, 15) is 4.79 Å². The Balaban J connectivity index is 2.10. The first-order valence-corrected chi connectivity index (χ1v) is 4.66. The summed E-state index contributed by atoms with van der Waals surface area (Å²) in [5.74, 6) is -0.0347. The fraction of sp³-hybridized carbons (Fsp3) is 0.0909. The van der Waals surface area contributed by atoms with E-state index in [1.54, 1.807) is 12.1 Å². The smallest absolute Gasteiger partial charge is 0.382 e. The van der Waals surface area contributed by atoms with Gasteiger partial charge in [0.1, 0.15) is 5.75 Å². The highest BCUT2D eigenvalue weighted by molar-refractivity contribution is 5.88. The molecule has 1 aromatic heterocycles. The van der Waals surface area contributed by atoms with Crippen molar-refractivity contribution in [2.45, 2.75) is 6.92 Å². The maximum absolute atomic E-state index is 11.5. The van der Waals surface area contributed by atoms with E-state index in [0.29, 0.717) is 5.75 Å². The number of anilines is 1. The molecule has 0 amide bonds. The molecule has 0 aliphatic rings. The van der Waals surface area contributed by atoms with Crippen LogP contribution in [0.15, 0.2) is 34.9 Å². The first-order chi connectivity index (χ1) is 7.65. The molecular formula is C11H10N2O3. The lowest BCUT2D eigenvalue weighted by Crippen LogP contribution is -2.07. The van der Waals surface area contributed by atoms with Crippen LogP contribution in [0, 0.1) is 6.92 Å². The predicted octanol–water partition coefficient (Wildman–Crippen LogP) is 1.78. The number of nitrogens with zero attached hydrogens (tertiary/aromatic N) is 1. The van der Waals surface area contributed by atoms with Crippen LogP contribution in [0.3, 0.4) is 0 Å². The van der Waals surface area contributed by atoms with Gasteiger partial charge >= 0.3 is 5.97 Å². The van der Waals surface area contributed by atoms with Crippen LogP contribution < -0.4 is 10.5 Å². The van der Waals surface area contributed by atoms with Gasteiger partial charge in [0.05, 0.1) is 0 Å². The number of hydrogen-bond donors (Lipinski definition) is 1. The van der Waals surface area contributed by atoms with Crippen molar-refractivity contribution < 1.29 is 14.1 Å².